The number of nitrogens with zero attached hydrogens (tertiary/aromatic N) is 4. The van der Waals surface area contributed by atoms with Crippen molar-refractivity contribution in [1.82, 2.24) is 14.5 Å². The van der Waals surface area contributed by atoms with Crippen molar-refractivity contribution in [1.29, 1.82) is 0 Å². The first-order valence-electron chi connectivity index (χ1n) is 9.90. The van der Waals surface area contributed by atoms with E-state index in [1.54, 1.807) is 0 Å². The van der Waals surface area contributed by atoms with Crippen LogP contribution in [0.1, 0.15) is 25.7 Å². The van der Waals surface area contributed by atoms with Gasteiger partial charge in [-0.3, -0.25) is 10.1 Å². The summed E-state index contributed by atoms with van der Waals surface area (Å²) in [5.74, 6) is -0.274. The summed E-state index contributed by atoms with van der Waals surface area (Å²) in [5.41, 5.74) is 0.131. The molecule has 0 bridgehead atoms. The molecule has 32 heavy (non-hydrogen) atoms. The molecule has 0 aliphatic carbocycles. The Kier molecular flexibility index (Phi) is 6.53. The summed E-state index contributed by atoms with van der Waals surface area (Å²) < 4.78 is 46.0. The van der Waals surface area contributed by atoms with E-state index in [-0.39, 0.29) is 26.6 Å². The fraction of sp³-hybridized carbons (Fsp3) is 0.300. The molecule has 0 atom stereocenters. The highest BCUT2D eigenvalue weighted by Gasteiger charge is 2.28. The number of sulfonamides is 1. The van der Waals surface area contributed by atoms with Gasteiger partial charge >= 0.3 is 0 Å². The zero-order chi connectivity index (χ0) is 22.7. The Hall–Kier alpha value is -2.83. The average Bonchev–Trinajstić information content (AvgIpc) is 3.05. The molecule has 0 radical (unpaired) electrons. The first kappa shape index (κ1) is 22.4. The fourth-order valence-electron chi connectivity index (χ4n) is 3.37. The molecule has 1 saturated heterocycles. The number of benzene rings is 2. The smallest absolute Gasteiger partial charge is 0.284 e. The summed E-state index contributed by atoms with van der Waals surface area (Å²) >= 11 is 0.855. The first-order chi connectivity index (χ1) is 15.3. The Balaban J connectivity index is 1.60. The van der Waals surface area contributed by atoms with Crippen LogP contribution in [0.3, 0.4) is 0 Å². The van der Waals surface area contributed by atoms with E-state index >= 15 is 0 Å². The highest BCUT2D eigenvalue weighted by molar-refractivity contribution is 7.99. The summed E-state index contributed by atoms with van der Waals surface area (Å²) in [5, 5.41) is 19.5. The second kappa shape index (κ2) is 9.35. The highest BCUT2D eigenvalue weighted by Crippen LogP contribution is 2.37. The van der Waals surface area contributed by atoms with E-state index in [1.807, 2.05) is 0 Å². The predicted octanol–water partition coefficient (Wildman–Crippen LogP) is 4.50. The Labute approximate surface area is 187 Å². The molecular weight excluding hydrogens is 459 g/mol. The van der Waals surface area contributed by atoms with Crippen molar-refractivity contribution in [3.05, 3.63) is 58.4 Å². The van der Waals surface area contributed by atoms with Crippen LogP contribution in [-0.2, 0) is 10.0 Å². The van der Waals surface area contributed by atoms with Gasteiger partial charge in [0.05, 0.1) is 14.7 Å². The number of hydrogen-bond donors (Lipinski definition) is 0. The lowest BCUT2D eigenvalue weighted by atomic mass is 10.2. The maximum absolute atomic E-state index is 13.1. The van der Waals surface area contributed by atoms with Crippen LogP contribution in [0.25, 0.3) is 11.5 Å². The first-order valence-corrected chi connectivity index (χ1v) is 12.2. The third-order valence-corrected chi connectivity index (χ3v) is 7.82. The van der Waals surface area contributed by atoms with Crippen molar-refractivity contribution >= 4 is 27.5 Å². The minimum absolute atomic E-state index is 0.0375. The lowest BCUT2D eigenvalue weighted by Gasteiger charge is -2.19. The van der Waals surface area contributed by atoms with Crippen molar-refractivity contribution in [3.8, 4) is 11.5 Å². The molecule has 0 saturated carbocycles. The number of hydrogen-bond acceptors (Lipinski definition) is 8. The standard InChI is InChI=1S/C20H19FN4O5S2/c21-15-7-5-14(6-8-15)19-22-23-20(30-19)31-18-10-9-16(13-17(18)25(26)27)32(28,29)24-11-3-1-2-4-12-24/h5-10,13H,1-4,11-12H2. The van der Waals surface area contributed by atoms with Gasteiger partial charge in [-0.05, 0) is 61.0 Å². The van der Waals surface area contributed by atoms with Crippen LogP contribution in [0.15, 0.2) is 61.9 Å². The lowest BCUT2D eigenvalue weighted by Crippen LogP contribution is -2.31. The van der Waals surface area contributed by atoms with E-state index in [0.29, 0.717) is 18.7 Å². The third-order valence-electron chi connectivity index (χ3n) is 5.02. The second-order valence-electron chi connectivity index (χ2n) is 7.19. The summed E-state index contributed by atoms with van der Waals surface area (Å²) in [6, 6.07) is 9.24. The van der Waals surface area contributed by atoms with Gasteiger partial charge in [-0.25, -0.2) is 12.8 Å². The van der Waals surface area contributed by atoms with E-state index in [0.717, 1.165) is 43.5 Å². The Morgan fingerprint density at radius 1 is 1.03 bits per heavy atom. The molecule has 1 aromatic heterocycles. The topological polar surface area (TPSA) is 119 Å². The second-order valence-corrected chi connectivity index (χ2v) is 10.1. The van der Waals surface area contributed by atoms with Crippen LogP contribution in [0.5, 0.6) is 0 Å². The predicted molar refractivity (Wildman–Crippen MR) is 114 cm³/mol. The SMILES string of the molecule is O=[N+]([O-])c1cc(S(=O)(=O)N2CCCCCC2)ccc1Sc1nnc(-c2ccc(F)cc2)o1. The largest absolute Gasteiger partial charge is 0.411 e. The summed E-state index contributed by atoms with van der Waals surface area (Å²) in [4.78, 5) is 11.1. The van der Waals surface area contributed by atoms with E-state index < -0.39 is 20.8 Å². The summed E-state index contributed by atoms with van der Waals surface area (Å²) in [6.07, 6.45) is 3.46. The number of nitro groups is 1. The molecule has 1 aliphatic heterocycles. The van der Waals surface area contributed by atoms with Crippen LogP contribution in [0, 0.1) is 15.9 Å². The molecule has 1 fully saturated rings. The van der Waals surface area contributed by atoms with E-state index in [9.17, 15) is 22.9 Å². The molecule has 168 valence electrons. The van der Waals surface area contributed by atoms with Gasteiger partial charge in [0.1, 0.15) is 5.82 Å². The van der Waals surface area contributed by atoms with Gasteiger partial charge < -0.3 is 4.42 Å². The van der Waals surface area contributed by atoms with Gasteiger partial charge in [0.2, 0.25) is 15.9 Å². The monoisotopic (exact) mass is 478 g/mol. The van der Waals surface area contributed by atoms with E-state index in [4.69, 9.17) is 4.42 Å². The number of nitro benzene ring substituents is 1. The molecule has 1 aliphatic rings. The summed E-state index contributed by atoms with van der Waals surface area (Å²) in [6.45, 7) is 0.807. The fourth-order valence-corrected chi connectivity index (χ4v) is 5.67. The molecule has 0 spiro atoms. The zero-order valence-corrected chi connectivity index (χ0v) is 18.4. The third kappa shape index (κ3) is 4.81. The van der Waals surface area contributed by atoms with E-state index in [1.165, 1.54) is 40.7 Å². The van der Waals surface area contributed by atoms with Gasteiger partial charge in [0.25, 0.3) is 10.9 Å². The molecule has 9 nitrogen and oxygen atoms in total. The minimum atomic E-state index is -3.83. The summed E-state index contributed by atoms with van der Waals surface area (Å²) in [7, 11) is -3.83. The lowest BCUT2D eigenvalue weighted by molar-refractivity contribution is -0.388. The molecule has 4 rings (SSSR count). The van der Waals surface area contributed by atoms with Crippen LogP contribution in [-0.4, -0.2) is 40.9 Å². The Morgan fingerprint density at radius 2 is 1.72 bits per heavy atom. The average molecular weight is 479 g/mol. The minimum Gasteiger partial charge on any atom is -0.411 e. The van der Waals surface area contributed by atoms with Crippen LogP contribution in [0.4, 0.5) is 10.1 Å². The van der Waals surface area contributed by atoms with Crippen molar-refractivity contribution in [3.63, 3.8) is 0 Å². The Bertz CT molecular complexity index is 1220. The van der Waals surface area contributed by atoms with E-state index in [2.05, 4.69) is 10.2 Å². The maximum atomic E-state index is 13.1. The van der Waals surface area contributed by atoms with Crippen molar-refractivity contribution in [2.45, 2.75) is 40.7 Å². The van der Waals surface area contributed by atoms with Crippen LogP contribution >= 0.6 is 11.8 Å². The molecule has 0 amide bonds. The molecular formula is C20H19FN4O5S2. The van der Waals surface area contributed by atoms with Crippen LogP contribution < -0.4 is 0 Å². The van der Waals surface area contributed by atoms with Gasteiger partial charge in [-0.1, -0.05) is 12.8 Å². The number of aromatic nitrogens is 2. The van der Waals surface area contributed by atoms with Gasteiger partial charge in [-0.15, -0.1) is 10.2 Å². The Morgan fingerprint density at radius 3 is 2.38 bits per heavy atom. The molecule has 2 heterocycles. The molecule has 12 heteroatoms. The van der Waals surface area contributed by atoms with Gasteiger partial charge in [0.15, 0.2) is 0 Å². The zero-order valence-electron chi connectivity index (χ0n) is 16.8. The highest BCUT2D eigenvalue weighted by atomic mass is 32.2. The van der Waals surface area contributed by atoms with Gasteiger partial charge in [-0.2, -0.15) is 4.31 Å². The number of halogens is 1. The van der Waals surface area contributed by atoms with Crippen molar-refractivity contribution in [2.75, 3.05) is 13.1 Å². The van der Waals surface area contributed by atoms with Gasteiger partial charge in [0, 0.05) is 24.7 Å². The molecule has 0 unspecified atom stereocenters. The normalized spacial score (nSPS) is 15.4. The number of rotatable bonds is 6. The quantitative estimate of drug-likeness (QED) is 0.375. The molecule has 3 aromatic rings. The maximum Gasteiger partial charge on any atom is 0.284 e. The van der Waals surface area contributed by atoms with Crippen LogP contribution in [0.2, 0.25) is 0 Å². The molecule has 2 aromatic carbocycles. The molecule has 0 N–H and O–H groups in total. The van der Waals surface area contributed by atoms with Crippen molar-refractivity contribution in [2.24, 2.45) is 0 Å². The van der Waals surface area contributed by atoms with Crippen molar-refractivity contribution < 1.29 is 22.1 Å².